The molecule has 2 saturated heterocycles. The van der Waals surface area contributed by atoms with Crippen LogP contribution in [0.3, 0.4) is 0 Å². The van der Waals surface area contributed by atoms with Gasteiger partial charge in [-0.05, 0) is 56.1 Å². The molecule has 94 valence electrons. The Balaban J connectivity index is 1.84. The third kappa shape index (κ3) is 2.43. The number of likely N-dealkylation sites (tertiary alicyclic amines) is 1. The molecule has 2 nitrogen and oxygen atoms in total. The summed E-state index contributed by atoms with van der Waals surface area (Å²) in [6.45, 7) is 13.6. The maximum atomic E-state index is 3.52. The fourth-order valence-electron chi connectivity index (χ4n) is 3.45. The Morgan fingerprint density at radius 1 is 1.25 bits per heavy atom. The van der Waals surface area contributed by atoms with E-state index in [1.54, 1.807) is 0 Å². The van der Waals surface area contributed by atoms with Gasteiger partial charge in [0.2, 0.25) is 0 Å². The van der Waals surface area contributed by atoms with Crippen molar-refractivity contribution in [2.75, 3.05) is 32.7 Å². The van der Waals surface area contributed by atoms with E-state index in [0.29, 0.717) is 5.41 Å². The van der Waals surface area contributed by atoms with Crippen molar-refractivity contribution in [2.45, 2.75) is 40.0 Å². The van der Waals surface area contributed by atoms with Gasteiger partial charge in [0.15, 0.2) is 0 Å². The van der Waals surface area contributed by atoms with E-state index in [9.17, 15) is 0 Å². The first-order chi connectivity index (χ1) is 7.69. The highest BCUT2D eigenvalue weighted by molar-refractivity contribution is 4.90. The van der Waals surface area contributed by atoms with Gasteiger partial charge in [-0.25, -0.2) is 0 Å². The van der Waals surface area contributed by atoms with Crippen LogP contribution in [0.1, 0.15) is 40.0 Å². The Labute approximate surface area is 101 Å². The number of nitrogens with one attached hydrogen (secondary N) is 1. The van der Waals surface area contributed by atoms with Crippen molar-refractivity contribution in [3.05, 3.63) is 0 Å². The van der Waals surface area contributed by atoms with Gasteiger partial charge in [0.1, 0.15) is 0 Å². The minimum absolute atomic E-state index is 0.648. The van der Waals surface area contributed by atoms with E-state index in [1.165, 1.54) is 52.0 Å². The monoisotopic (exact) mass is 224 g/mol. The van der Waals surface area contributed by atoms with Crippen LogP contribution in [-0.4, -0.2) is 37.6 Å². The average Bonchev–Trinajstić information content (AvgIpc) is 2.88. The molecule has 0 radical (unpaired) electrons. The summed E-state index contributed by atoms with van der Waals surface area (Å²) < 4.78 is 0. The molecule has 0 aromatic carbocycles. The largest absolute Gasteiger partial charge is 0.316 e. The Hall–Kier alpha value is -0.0800. The van der Waals surface area contributed by atoms with Crippen LogP contribution in [0.25, 0.3) is 0 Å². The first kappa shape index (κ1) is 12.4. The molecule has 2 aliphatic heterocycles. The molecule has 2 heterocycles. The van der Waals surface area contributed by atoms with Crippen LogP contribution in [0, 0.1) is 17.3 Å². The average molecular weight is 224 g/mol. The third-order valence-corrected chi connectivity index (χ3v) is 5.19. The van der Waals surface area contributed by atoms with E-state index in [2.05, 4.69) is 31.0 Å². The number of hydrogen-bond acceptors (Lipinski definition) is 2. The van der Waals surface area contributed by atoms with E-state index in [4.69, 9.17) is 0 Å². The van der Waals surface area contributed by atoms with Gasteiger partial charge < -0.3 is 10.2 Å². The molecule has 1 N–H and O–H groups in total. The van der Waals surface area contributed by atoms with Crippen LogP contribution in [0.4, 0.5) is 0 Å². The maximum Gasteiger partial charge on any atom is 0.00384 e. The number of rotatable bonds is 4. The predicted octanol–water partition coefficient (Wildman–Crippen LogP) is 2.35. The summed E-state index contributed by atoms with van der Waals surface area (Å²) in [5, 5.41) is 3.52. The summed E-state index contributed by atoms with van der Waals surface area (Å²) in [6.07, 6.45) is 4.14. The molecule has 0 aromatic heterocycles. The summed E-state index contributed by atoms with van der Waals surface area (Å²) >= 11 is 0. The van der Waals surface area contributed by atoms with Crippen LogP contribution in [0.15, 0.2) is 0 Å². The lowest BCUT2D eigenvalue weighted by molar-refractivity contribution is 0.210. The molecule has 0 saturated carbocycles. The Morgan fingerprint density at radius 3 is 2.50 bits per heavy atom. The van der Waals surface area contributed by atoms with Gasteiger partial charge in [-0.1, -0.05) is 20.8 Å². The van der Waals surface area contributed by atoms with Crippen LogP contribution in [0.2, 0.25) is 0 Å². The lowest BCUT2D eigenvalue weighted by atomic mass is 9.82. The molecule has 0 amide bonds. The quantitative estimate of drug-likeness (QED) is 0.788. The molecule has 0 unspecified atom stereocenters. The molecule has 2 rings (SSSR count). The van der Waals surface area contributed by atoms with Crippen molar-refractivity contribution in [2.24, 2.45) is 17.3 Å². The summed E-state index contributed by atoms with van der Waals surface area (Å²) in [4.78, 5) is 2.72. The van der Waals surface area contributed by atoms with Crippen molar-refractivity contribution in [3.8, 4) is 0 Å². The smallest absolute Gasteiger partial charge is 0.00384 e. The molecule has 0 aromatic rings. The highest BCUT2D eigenvalue weighted by atomic mass is 15.2. The van der Waals surface area contributed by atoms with Crippen molar-refractivity contribution in [3.63, 3.8) is 0 Å². The van der Waals surface area contributed by atoms with Crippen LogP contribution in [0.5, 0.6) is 0 Å². The first-order valence-corrected chi connectivity index (χ1v) is 7.12. The van der Waals surface area contributed by atoms with Crippen molar-refractivity contribution in [1.82, 2.24) is 10.2 Å². The second-order valence-electron chi connectivity index (χ2n) is 6.09. The van der Waals surface area contributed by atoms with E-state index in [1.807, 2.05) is 0 Å². The zero-order valence-electron chi connectivity index (χ0n) is 11.3. The van der Waals surface area contributed by atoms with E-state index >= 15 is 0 Å². The molecule has 2 aliphatic rings. The molecule has 0 aliphatic carbocycles. The Bertz CT molecular complexity index is 223. The zero-order valence-corrected chi connectivity index (χ0v) is 11.3. The molecule has 2 atom stereocenters. The predicted molar refractivity (Wildman–Crippen MR) is 69.6 cm³/mol. The summed E-state index contributed by atoms with van der Waals surface area (Å²) in [5.41, 5.74) is 0.648. The molecular weight excluding hydrogens is 196 g/mol. The minimum Gasteiger partial charge on any atom is -0.316 e. The molecular formula is C14H28N2. The Morgan fingerprint density at radius 2 is 2.00 bits per heavy atom. The Kier molecular flexibility index (Phi) is 3.91. The molecule has 2 heteroatoms. The van der Waals surface area contributed by atoms with Crippen LogP contribution < -0.4 is 5.32 Å². The molecule has 2 fully saturated rings. The van der Waals surface area contributed by atoms with Crippen LogP contribution in [-0.2, 0) is 0 Å². The normalized spacial score (nSPS) is 34.7. The van der Waals surface area contributed by atoms with Crippen LogP contribution >= 0.6 is 0 Å². The zero-order chi connectivity index (χ0) is 11.6. The fraction of sp³-hybridized carbons (Fsp3) is 1.00. The van der Waals surface area contributed by atoms with Gasteiger partial charge in [0.25, 0.3) is 0 Å². The summed E-state index contributed by atoms with van der Waals surface area (Å²) in [6, 6.07) is 0. The minimum atomic E-state index is 0.648. The van der Waals surface area contributed by atoms with Gasteiger partial charge in [-0.15, -0.1) is 0 Å². The van der Waals surface area contributed by atoms with Crippen molar-refractivity contribution in [1.29, 1.82) is 0 Å². The lowest BCUT2D eigenvalue weighted by Crippen LogP contribution is -2.32. The number of nitrogens with zero attached hydrogens (tertiary/aromatic N) is 1. The highest BCUT2D eigenvalue weighted by Gasteiger charge is 2.36. The van der Waals surface area contributed by atoms with Gasteiger partial charge in [0, 0.05) is 13.1 Å². The fourth-order valence-corrected chi connectivity index (χ4v) is 3.45. The van der Waals surface area contributed by atoms with Crippen molar-refractivity contribution < 1.29 is 0 Å². The van der Waals surface area contributed by atoms with E-state index in [0.717, 1.165) is 11.8 Å². The first-order valence-electron chi connectivity index (χ1n) is 7.12. The third-order valence-electron chi connectivity index (χ3n) is 5.19. The van der Waals surface area contributed by atoms with E-state index < -0.39 is 0 Å². The van der Waals surface area contributed by atoms with Gasteiger partial charge in [-0.3, -0.25) is 0 Å². The second kappa shape index (κ2) is 5.05. The molecule has 16 heavy (non-hydrogen) atoms. The summed E-state index contributed by atoms with van der Waals surface area (Å²) in [5.74, 6) is 1.77. The number of hydrogen-bond donors (Lipinski definition) is 1. The van der Waals surface area contributed by atoms with Gasteiger partial charge in [0.05, 0.1) is 0 Å². The molecule has 0 bridgehead atoms. The standard InChI is InChI=1S/C14H28N2/c1-4-14(5-2)6-7-16(11-14)10-13-9-15-8-12(13)3/h12-13,15H,4-11H2,1-3H3/t12-,13+/m1/s1. The van der Waals surface area contributed by atoms with Gasteiger partial charge >= 0.3 is 0 Å². The second-order valence-corrected chi connectivity index (χ2v) is 6.09. The SMILES string of the molecule is CCC1(CC)CCN(C[C@@H]2CNC[C@H]2C)C1. The topological polar surface area (TPSA) is 15.3 Å². The maximum absolute atomic E-state index is 3.52. The van der Waals surface area contributed by atoms with E-state index in [-0.39, 0.29) is 0 Å². The molecule has 0 spiro atoms. The van der Waals surface area contributed by atoms with Gasteiger partial charge in [-0.2, -0.15) is 0 Å². The summed E-state index contributed by atoms with van der Waals surface area (Å²) in [7, 11) is 0. The van der Waals surface area contributed by atoms with Crippen molar-refractivity contribution >= 4 is 0 Å². The lowest BCUT2D eigenvalue weighted by Gasteiger charge is -2.28. The highest BCUT2D eigenvalue weighted by Crippen LogP contribution is 2.37.